The highest BCUT2D eigenvalue weighted by Gasteiger charge is 2.06. The van der Waals surface area contributed by atoms with E-state index >= 15 is 0 Å². The molecule has 1 N–H and O–H groups in total. The average molecular weight is 210 g/mol. The molecule has 1 unspecified atom stereocenters. The number of aromatic hydroxyl groups is 1. The zero-order valence-electron chi connectivity index (χ0n) is 9.47. The Bertz CT molecular complexity index is 373. The van der Waals surface area contributed by atoms with Crippen molar-refractivity contribution < 1.29 is 5.11 Å². The normalized spacial score (nSPS) is 13.1. The summed E-state index contributed by atoms with van der Waals surface area (Å²) in [5, 5.41) is 9.26. The van der Waals surface area contributed by atoms with Crippen LogP contribution in [0.4, 0.5) is 0 Å². The second-order valence-electron chi connectivity index (χ2n) is 3.86. The summed E-state index contributed by atoms with van der Waals surface area (Å²) in [6.45, 7) is 4.94. The maximum absolute atomic E-state index is 11.0. The maximum atomic E-state index is 11.0. The molecule has 0 spiro atoms. The van der Waals surface area contributed by atoms with Gasteiger partial charge in [0.05, 0.1) is 12.9 Å². The number of pyridine rings is 1. The summed E-state index contributed by atoms with van der Waals surface area (Å²) < 4.78 is 1.79. The van der Waals surface area contributed by atoms with Crippen LogP contribution in [0.3, 0.4) is 0 Å². The van der Waals surface area contributed by atoms with Gasteiger partial charge in [-0.2, -0.15) is 0 Å². The van der Waals surface area contributed by atoms with E-state index in [9.17, 15) is 9.90 Å². The first-order chi connectivity index (χ1) is 7.04. The molecule has 0 aliphatic rings. The van der Waals surface area contributed by atoms with E-state index in [0.717, 1.165) is 6.42 Å². The van der Waals surface area contributed by atoms with Gasteiger partial charge in [-0.3, -0.25) is 9.69 Å². The summed E-state index contributed by atoms with van der Waals surface area (Å²) in [6, 6.07) is 1.85. The molecule has 0 fully saturated rings. The van der Waals surface area contributed by atoms with Crippen molar-refractivity contribution in [3.8, 4) is 5.75 Å². The van der Waals surface area contributed by atoms with Gasteiger partial charge in [0.15, 0.2) is 5.75 Å². The zero-order valence-corrected chi connectivity index (χ0v) is 9.47. The minimum absolute atomic E-state index is 0.199. The largest absolute Gasteiger partial charge is 0.503 e. The highest BCUT2D eigenvalue weighted by atomic mass is 16.3. The van der Waals surface area contributed by atoms with Crippen LogP contribution in [0.5, 0.6) is 5.75 Å². The zero-order chi connectivity index (χ0) is 11.4. The van der Waals surface area contributed by atoms with E-state index in [1.165, 1.54) is 12.3 Å². The summed E-state index contributed by atoms with van der Waals surface area (Å²) in [7, 11) is 2.02. The molecule has 0 aliphatic carbocycles. The number of rotatable bonds is 4. The fourth-order valence-corrected chi connectivity index (χ4v) is 1.31. The van der Waals surface area contributed by atoms with Crippen LogP contribution in [0.1, 0.15) is 20.3 Å². The van der Waals surface area contributed by atoms with Gasteiger partial charge in [0.2, 0.25) is 5.43 Å². The molecule has 1 rings (SSSR count). The van der Waals surface area contributed by atoms with Crippen LogP contribution < -0.4 is 5.43 Å². The molecule has 15 heavy (non-hydrogen) atoms. The lowest BCUT2D eigenvalue weighted by molar-refractivity contribution is 0.199. The smallest absolute Gasteiger partial charge is 0.223 e. The third-order valence-electron chi connectivity index (χ3n) is 2.69. The summed E-state index contributed by atoms with van der Waals surface area (Å²) in [6.07, 6.45) is 4.21. The topological polar surface area (TPSA) is 45.5 Å². The second-order valence-corrected chi connectivity index (χ2v) is 3.86. The Morgan fingerprint density at radius 1 is 1.60 bits per heavy atom. The first-order valence-corrected chi connectivity index (χ1v) is 5.14. The Morgan fingerprint density at radius 2 is 2.27 bits per heavy atom. The Hall–Kier alpha value is -1.29. The van der Waals surface area contributed by atoms with Crippen LogP contribution in [-0.2, 0) is 6.67 Å². The van der Waals surface area contributed by atoms with Crippen molar-refractivity contribution >= 4 is 0 Å². The first-order valence-electron chi connectivity index (χ1n) is 5.14. The van der Waals surface area contributed by atoms with Crippen molar-refractivity contribution in [2.24, 2.45) is 0 Å². The summed E-state index contributed by atoms with van der Waals surface area (Å²) >= 11 is 0. The molecule has 0 saturated carbocycles. The minimum atomic E-state index is -0.336. The molecule has 0 amide bonds. The molecule has 4 nitrogen and oxygen atoms in total. The van der Waals surface area contributed by atoms with E-state index in [0.29, 0.717) is 12.7 Å². The van der Waals surface area contributed by atoms with Crippen molar-refractivity contribution in [2.75, 3.05) is 7.05 Å². The Morgan fingerprint density at radius 3 is 2.80 bits per heavy atom. The highest BCUT2D eigenvalue weighted by molar-refractivity contribution is 5.14. The van der Waals surface area contributed by atoms with Crippen LogP contribution in [0.25, 0.3) is 0 Å². The van der Waals surface area contributed by atoms with E-state index in [4.69, 9.17) is 0 Å². The maximum Gasteiger partial charge on any atom is 0.223 e. The lowest BCUT2D eigenvalue weighted by Crippen LogP contribution is -2.30. The molecule has 4 heteroatoms. The second kappa shape index (κ2) is 4.98. The fraction of sp³-hybridized carbons (Fsp3) is 0.545. The van der Waals surface area contributed by atoms with Crippen LogP contribution in [0.15, 0.2) is 23.3 Å². The lowest BCUT2D eigenvalue weighted by Gasteiger charge is -2.24. The molecule has 0 saturated heterocycles. The minimum Gasteiger partial charge on any atom is -0.503 e. The Labute approximate surface area is 89.8 Å². The van der Waals surface area contributed by atoms with E-state index in [-0.39, 0.29) is 11.2 Å². The van der Waals surface area contributed by atoms with Crippen molar-refractivity contribution in [2.45, 2.75) is 33.0 Å². The van der Waals surface area contributed by atoms with Gasteiger partial charge in [-0.15, -0.1) is 0 Å². The quantitative estimate of drug-likeness (QED) is 0.813. The SMILES string of the molecule is CCC(C)N(C)Cn1ccc(=O)c(O)c1. The van der Waals surface area contributed by atoms with Gasteiger partial charge in [0, 0.05) is 18.3 Å². The third kappa shape index (κ3) is 3.09. The molecule has 1 aromatic heterocycles. The molecule has 1 atom stereocenters. The fourth-order valence-electron chi connectivity index (χ4n) is 1.31. The monoisotopic (exact) mass is 210 g/mol. The van der Waals surface area contributed by atoms with Crippen molar-refractivity contribution in [3.05, 3.63) is 28.7 Å². The summed E-state index contributed by atoms with van der Waals surface area (Å²) in [4.78, 5) is 13.1. The third-order valence-corrected chi connectivity index (χ3v) is 2.69. The van der Waals surface area contributed by atoms with E-state index < -0.39 is 0 Å². The van der Waals surface area contributed by atoms with Gasteiger partial charge in [-0.25, -0.2) is 0 Å². The van der Waals surface area contributed by atoms with E-state index in [1.807, 2.05) is 7.05 Å². The van der Waals surface area contributed by atoms with Gasteiger partial charge >= 0.3 is 0 Å². The predicted molar refractivity (Wildman–Crippen MR) is 59.9 cm³/mol. The Balaban J connectivity index is 2.73. The average Bonchev–Trinajstić information content (AvgIpc) is 2.22. The van der Waals surface area contributed by atoms with Crippen LogP contribution in [0.2, 0.25) is 0 Å². The molecular weight excluding hydrogens is 192 g/mol. The van der Waals surface area contributed by atoms with Gasteiger partial charge in [0.1, 0.15) is 0 Å². The molecule has 1 aromatic rings. The molecule has 0 aliphatic heterocycles. The number of nitrogens with zero attached hydrogens (tertiary/aromatic N) is 2. The Kier molecular flexibility index (Phi) is 3.91. The van der Waals surface area contributed by atoms with Crippen molar-refractivity contribution in [3.63, 3.8) is 0 Å². The van der Waals surface area contributed by atoms with Crippen LogP contribution >= 0.6 is 0 Å². The molecule has 0 aromatic carbocycles. The van der Waals surface area contributed by atoms with Crippen molar-refractivity contribution in [1.29, 1.82) is 0 Å². The number of hydrogen-bond acceptors (Lipinski definition) is 3. The van der Waals surface area contributed by atoms with Gasteiger partial charge < -0.3 is 9.67 Å². The lowest BCUT2D eigenvalue weighted by atomic mass is 10.2. The molecule has 0 bridgehead atoms. The molecular formula is C11H18N2O2. The predicted octanol–water partition coefficient (Wildman–Crippen LogP) is 1.24. The number of aromatic nitrogens is 1. The van der Waals surface area contributed by atoms with Gasteiger partial charge in [-0.1, -0.05) is 6.92 Å². The highest BCUT2D eigenvalue weighted by Crippen LogP contribution is 2.04. The number of hydrogen-bond donors (Lipinski definition) is 1. The van der Waals surface area contributed by atoms with Crippen molar-refractivity contribution in [1.82, 2.24) is 9.47 Å². The summed E-state index contributed by atoms with van der Waals surface area (Å²) in [5.41, 5.74) is -0.336. The van der Waals surface area contributed by atoms with Crippen LogP contribution in [-0.4, -0.2) is 27.7 Å². The summed E-state index contributed by atoms with van der Waals surface area (Å²) in [5.74, 6) is -0.199. The van der Waals surface area contributed by atoms with E-state index in [1.54, 1.807) is 10.8 Å². The molecule has 1 heterocycles. The molecule has 84 valence electrons. The standard InChI is InChI=1S/C11H18N2O2/c1-4-9(2)12(3)8-13-6-5-10(14)11(15)7-13/h5-7,9,15H,4,8H2,1-3H3. The van der Waals surface area contributed by atoms with Gasteiger partial charge in [0.25, 0.3) is 0 Å². The first kappa shape index (κ1) is 11.8. The van der Waals surface area contributed by atoms with Crippen LogP contribution in [0, 0.1) is 0 Å². The van der Waals surface area contributed by atoms with Gasteiger partial charge in [-0.05, 0) is 20.4 Å². The van der Waals surface area contributed by atoms with E-state index in [2.05, 4.69) is 18.7 Å². The molecule has 0 radical (unpaired) electrons.